The number of benzene rings is 1. The first-order valence-electron chi connectivity index (χ1n) is 9.94. The Bertz CT molecular complexity index is 601. The largest absolute Gasteiger partial charge is 0.353 e. The number of hydrogen-bond donors (Lipinski definition) is 1. The Labute approximate surface area is 161 Å². The van der Waals surface area contributed by atoms with Crippen LogP contribution in [0.5, 0.6) is 0 Å². The number of halogens is 1. The lowest BCUT2D eigenvalue weighted by atomic mass is 9.94. The van der Waals surface area contributed by atoms with Crippen molar-refractivity contribution in [2.75, 3.05) is 13.1 Å². The summed E-state index contributed by atoms with van der Waals surface area (Å²) < 4.78 is 0. The molecule has 2 fully saturated rings. The first kappa shape index (κ1) is 19.2. The molecule has 0 bridgehead atoms. The quantitative estimate of drug-likeness (QED) is 0.808. The van der Waals surface area contributed by atoms with E-state index in [1.165, 1.54) is 25.7 Å². The number of piperidine rings is 1. The second-order valence-corrected chi connectivity index (χ2v) is 8.09. The third-order valence-electron chi connectivity index (χ3n) is 5.69. The third kappa shape index (κ3) is 5.47. The number of rotatable bonds is 4. The van der Waals surface area contributed by atoms with E-state index in [4.69, 9.17) is 11.6 Å². The van der Waals surface area contributed by atoms with Crippen LogP contribution < -0.4 is 5.32 Å². The Morgan fingerprint density at radius 1 is 0.962 bits per heavy atom. The molecule has 0 unspecified atom stereocenters. The molecule has 0 spiro atoms. The zero-order chi connectivity index (χ0) is 18.4. The summed E-state index contributed by atoms with van der Waals surface area (Å²) in [6.45, 7) is 1.35. The van der Waals surface area contributed by atoms with Crippen LogP contribution in [0.4, 0.5) is 0 Å². The Balaban J connectivity index is 1.43. The van der Waals surface area contributed by atoms with Crippen molar-refractivity contribution < 1.29 is 9.59 Å². The van der Waals surface area contributed by atoms with Gasteiger partial charge in [-0.25, -0.2) is 0 Å². The predicted octanol–water partition coefficient (Wildman–Crippen LogP) is 3.96. The molecular formula is C21H29ClN2O2. The minimum Gasteiger partial charge on any atom is -0.353 e. The Morgan fingerprint density at radius 2 is 1.58 bits per heavy atom. The first-order chi connectivity index (χ1) is 12.6. The van der Waals surface area contributed by atoms with Gasteiger partial charge in [0.05, 0.1) is 6.42 Å². The molecule has 142 valence electrons. The van der Waals surface area contributed by atoms with Crippen LogP contribution in [-0.4, -0.2) is 35.8 Å². The third-order valence-corrected chi connectivity index (χ3v) is 5.94. The summed E-state index contributed by atoms with van der Waals surface area (Å²) in [7, 11) is 0. The van der Waals surface area contributed by atoms with Crippen molar-refractivity contribution in [2.45, 2.75) is 63.8 Å². The second kappa shape index (κ2) is 9.40. The SMILES string of the molecule is O=C(NC1CCCCCC1)C1CCN(C(=O)Cc2ccc(Cl)cc2)CC1. The number of hydrogen-bond acceptors (Lipinski definition) is 2. The Hall–Kier alpha value is -1.55. The standard InChI is InChI=1S/C21H29ClN2O2/c22-18-9-7-16(8-10-18)15-20(25)24-13-11-17(12-14-24)21(26)23-19-5-3-1-2-4-6-19/h7-10,17,19H,1-6,11-15H2,(H,23,26). The van der Waals surface area contributed by atoms with E-state index in [-0.39, 0.29) is 17.7 Å². The highest BCUT2D eigenvalue weighted by molar-refractivity contribution is 6.30. The highest BCUT2D eigenvalue weighted by atomic mass is 35.5. The van der Waals surface area contributed by atoms with Crippen molar-refractivity contribution in [3.63, 3.8) is 0 Å². The Kier molecular flexibility index (Phi) is 6.95. The minimum absolute atomic E-state index is 0.0536. The molecule has 1 aliphatic heterocycles. The lowest BCUT2D eigenvalue weighted by Crippen LogP contribution is -2.45. The Morgan fingerprint density at radius 3 is 2.19 bits per heavy atom. The summed E-state index contributed by atoms with van der Waals surface area (Å²) >= 11 is 5.89. The van der Waals surface area contributed by atoms with Gasteiger partial charge in [0, 0.05) is 30.1 Å². The topological polar surface area (TPSA) is 49.4 Å². The highest BCUT2D eigenvalue weighted by Crippen LogP contribution is 2.21. The molecule has 1 saturated heterocycles. The molecule has 3 rings (SSSR count). The molecule has 0 aromatic heterocycles. The van der Waals surface area contributed by atoms with E-state index in [1.54, 1.807) is 0 Å². The highest BCUT2D eigenvalue weighted by Gasteiger charge is 2.28. The summed E-state index contributed by atoms with van der Waals surface area (Å²) in [5.74, 6) is 0.384. The number of nitrogens with one attached hydrogen (secondary N) is 1. The van der Waals surface area contributed by atoms with Gasteiger partial charge in [-0.15, -0.1) is 0 Å². The van der Waals surface area contributed by atoms with E-state index >= 15 is 0 Å². The number of carbonyl (C=O) groups is 2. The number of carbonyl (C=O) groups excluding carboxylic acids is 2. The van der Waals surface area contributed by atoms with Crippen molar-refractivity contribution in [3.05, 3.63) is 34.9 Å². The van der Waals surface area contributed by atoms with Gasteiger partial charge in [0.2, 0.25) is 11.8 Å². The molecule has 0 radical (unpaired) electrons. The van der Waals surface area contributed by atoms with Gasteiger partial charge in [-0.2, -0.15) is 0 Å². The minimum atomic E-state index is 0.0536. The number of likely N-dealkylation sites (tertiary alicyclic amines) is 1. The van der Waals surface area contributed by atoms with Crippen LogP contribution in [0.2, 0.25) is 5.02 Å². The molecule has 2 aliphatic rings. The van der Waals surface area contributed by atoms with E-state index in [0.29, 0.717) is 30.6 Å². The number of nitrogens with zero attached hydrogens (tertiary/aromatic N) is 1. The summed E-state index contributed by atoms with van der Waals surface area (Å²) in [4.78, 5) is 26.9. The molecule has 26 heavy (non-hydrogen) atoms. The van der Waals surface area contributed by atoms with E-state index in [9.17, 15) is 9.59 Å². The molecule has 0 atom stereocenters. The summed E-state index contributed by atoms with van der Waals surface area (Å²) in [6.07, 6.45) is 9.20. The van der Waals surface area contributed by atoms with Crippen LogP contribution in [0.15, 0.2) is 24.3 Å². The average molecular weight is 377 g/mol. The molecule has 1 aromatic rings. The fourth-order valence-electron chi connectivity index (χ4n) is 4.02. The predicted molar refractivity (Wildman–Crippen MR) is 104 cm³/mol. The van der Waals surface area contributed by atoms with Crippen LogP contribution in [0, 0.1) is 5.92 Å². The monoisotopic (exact) mass is 376 g/mol. The van der Waals surface area contributed by atoms with Crippen LogP contribution in [0.25, 0.3) is 0 Å². The lowest BCUT2D eigenvalue weighted by molar-refractivity contribution is -0.135. The van der Waals surface area contributed by atoms with Gasteiger partial charge < -0.3 is 10.2 Å². The van der Waals surface area contributed by atoms with Crippen molar-refractivity contribution in [3.8, 4) is 0 Å². The van der Waals surface area contributed by atoms with Crippen molar-refractivity contribution in [2.24, 2.45) is 5.92 Å². The maximum Gasteiger partial charge on any atom is 0.226 e. The molecule has 1 N–H and O–H groups in total. The average Bonchev–Trinajstić information content (AvgIpc) is 2.92. The van der Waals surface area contributed by atoms with Crippen LogP contribution in [-0.2, 0) is 16.0 Å². The van der Waals surface area contributed by atoms with E-state index < -0.39 is 0 Å². The van der Waals surface area contributed by atoms with Gasteiger partial charge in [0.15, 0.2) is 0 Å². The van der Waals surface area contributed by atoms with E-state index in [1.807, 2.05) is 29.2 Å². The van der Waals surface area contributed by atoms with Gasteiger partial charge in [0.1, 0.15) is 0 Å². The molecule has 1 aromatic carbocycles. The van der Waals surface area contributed by atoms with Crippen LogP contribution >= 0.6 is 11.6 Å². The lowest BCUT2D eigenvalue weighted by Gasteiger charge is -2.32. The smallest absolute Gasteiger partial charge is 0.226 e. The van der Waals surface area contributed by atoms with E-state index in [2.05, 4.69) is 5.32 Å². The fraction of sp³-hybridized carbons (Fsp3) is 0.619. The fourth-order valence-corrected chi connectivity index (χ4v) is 4.15. The van der Waals surface area contributed by atoms with Crippen molar-refractivity contribution in [1.29, 1.82) is 0 Å². The zero-order valence-electron chi connectivity index (χ0n) is 15.4. The molecule has 1 heterocycles. The van der Waals surface area contributed by atoms with Gasteiger partial charge in [-0.3, -0.25) is 9.59 Å². The molecular weight excluding hydrogens is 348 g/mol. The van der Waals surface area contributed by atoms with Gasteiger partial charge in [-0.05, 0) is 43.4 Å². The van der Waals surface area contributed by atoms with Gasteiger partial charge in [0.25, 0.3) is 0 Å². The maximum atomic E-state index is 12.6. The summed E-state index contributed by atoms with van der Waals surface area (Å²) in [5.41, 5.74) is 0.979. The first-order valence-corrected chi connectivity index (χ1v) is 10.3. The zero-order valence-corrected chi connectivity index (χ0v) is 16.1. The number of amides is 2. The molecule has 1 saturated carbocycles. The van der Waals surface area contributed by atoms with E-state index in [0.717, 1.165) is 31.2 Å². The normalized spacial score (nSPS) is 19.8. The van der Waals surface area contributed by atoms with Crippen LogP contribution in [0.3, 0.4) is 0 Å². The summed E-state index contributed by atoms with van der Waals surface area (Å²) in [5, 5.41) is 3.94. The van der Waals surface area contributed by atoms with Gasteiger partial charge in [-0.1, -0.05) is 49.4 Å². The van der Waals surface area contributed by atoms with Crippen LogP contribution in [0.1, 0.15) is 56.9 Å². The van der Waals surface area contributed by atoms with Gasteiger partial charge >= 0.3 is 0 Å². The maximum absolute atomic E-state index is 12.6. The summed E-state index contributed by atoms with van der Waals surface area (Å²) in [6, 6.07) is 7.78. The van der Waals surface area contributed by atoms with Crippen molar-refractivity contribution in [1.82, 2.24) is 10.2 Å². The molecule has 5 heteroatoms. The second-order valence-electron chi connectivity index (χ2n) is 7.66. The molecule has 4 nitrogen and oxygen atoms in total. The molecule has 2 amide bonds. The molecule has 1 aliphatic carbocycles. The van der Waals surface area contributed by atoms with Crippen molar-refractivity contribution >= 4 is 23.4 Å².